The fourth-order valence-electron chi connectivity index (χ4n) is 1.97. The van der Waals surface area contributed by atoms with Crippen LogP contribution in [-0.4, -0.2) is 0 Å². The summed E-state index contributed by atoms with van der Waals surface area (Å²) in [5, 5.41) is 0. The average molecular weight is 212 g/mol. The molecule has 15 heavy (non-hydrogen) atoms. The molecule has 3 rings (SSSR count). The highest BCUT2D eigenvalue weighted by molar-refractivity contribution is 8.03. The van der Waals surface area contributed by atoms with Crippen LogP contribution in [0.15, 0.2) is 63.9 Å². The lowest BCUT2D eigenvalue weighted by Gasteiger charge is -2.10. The van der Waals surface area contributed by atoms with Crippen molar-refractivity contribution in [3.05, 3.63) is 64.6 Å². The van der Waals surface area contributed by atoms with E-state index in [0.29, 0.717) is 0 Å². The van der Waals surface area contributed by atoms with Crippen LogP contribution in [-0.2, 0) is 6.42 Å². The highest BCUT2D eigenvalue weighted by Gasteiger charge is 2.14. The fraction of sp³-hybridized carbons (Fsp3) is 0.143. The number of benzene rings is 1. The Morgan fingerprint density at radius 1 is 1.07 bits per heavy atom. The molecule has 1 heterocycles. The topological polar surface area (TPSA) is 0 Å². The van der Waals surface area contributed by atoms with Crippen molar-refractivity contribution in [1.29, 1.82) is 0 Å². The number of allylic oxidation sites excluding steroid dienone is 5. The zero-order valence-corrected chi connectivity index (χ0v) is 9.26. The zero-order valence-electron chi connectivity index (χ0n) is 8.44. The first kappa shape index (κ1) is 9.05. The van der Waals surface area contributed by atoms with E-state index in [9.17, 15) is 0 Å². The zero-order chi connectivity index (χ0) is 10.1. The van der Waals surface area contributed by atoms with Gasteiger partial charge >= 0.3 is 0 Å². The maximum atomic E-state index is 2.37. The molecule has 2 aliphatic rings. The minimum absolute atomic E-state index is 1.07. The molecule has 0 unspecified atom stereocenters. The SMILES string of the molecule is C1=CCC2=CCc3ccccc3SC2=C1. The second-order valence-corrected chi connectivity index (χ2v) is 4.89. The lowest BCUT2D eigenvalue weighted by Crippen LogP contribution is -1.87. The van der Waals surface area contributed by atoms with Gasteiger partial charge in [0.1, 0.15) is 0 Å². The average Bonchev–Trinajstić information content (AvgIpc) is 2.48. The van der Waals surface area contributed by atoms with Gasteiger partial charge in [0.25, 0.3) is 0 Å². The molecule has 0 aromatic heterocycles. The molecule has 0 saturated carbocycles. The van der Waals surface area contributed by atoms with Gasteiger partial charge in [0.05, 0.1) is 0 Å². The van der Waals surface area contributed by atoms with Gasteiger partial charge < -0.3 is 0 Å². The first-order valence-electron chi connectivity index (χ1n) is 5.25. The van der Waals surface area contributed by atoms with Crippen LogP contribution < -0.4 is 0 Å². The minimum Gasteiger partial charge on any atom is -0.0895 e. The van der Waals surface area contributed by atoms with E-state index in [0.717, 1.165) is 12.8 Å². The third kappa shape index (κ3) is 1.68. The molecule has 0 N–H and O–H groups in total. The van der Waals surface area contributed by atoms with Gasteiger partial charge in [-0.05, 0) is 36.1 Å². The smallest absolute Gasteiger partial charge is 0.0157 e. The molecule has 1 heteroatoms. The maximum Gasteiger partial charge on any atom is 0.0157 e. The third-order valence-corrected chi connectivity index (χ3v) is 4.04. The molecule has 1 aliphatic carbocycles. The van der Waals surface area contributed by atoms with Crippen molar-refractivity contribution in [3.63, 3.8) is 0 Å². The number of hydrogen-bond donors (Lipinski definition) is 0. The summed E-state index contributed by atoms with van der Waals surface area (Å²) in [6.07, 6.45) is 11.1. The van der Waals surface area contributed by atoms with Crippen molar-refractivity contribution in [2.75, 3.05) is 0 Å². The summed E-state index contributed by atoms with van der Waals surface area (Å²) in [4.78, 5) is 2.83. The normalized spacial score (nSPS) is 18.4. The molecule has 0 spiro atoms. The standard InChI is InChI=1S/C14H12S/c1-3-7-13-11(5-1)9-10-12-6-2-4-8-14(12)15-13/h1-5,7-8,10H,6,9H2. The van der Waals surface area contributed by atoms with E-state index in [1.54, 1.807) is 0 Å². The van der Waals surface area contributed by atoms with Crippen LogP contribution >= 0.6 is 11.8 Å². The van der Waals surface area contributed by atoms with Crippen LogP contribution in [0.1, 0.15) is 12.0 Å². The Bertz CT molecular complexity index is 478. The summed E-state index contributed by atoms with van der Waals surface area (Å²) in [6.45, 7) is 0. The first-order chi connectivity index (χ1) is 7.43. The Morgan fingerprint density at radius 3 is 3.00 bits per heavy atom. The maximum absolute atomic E-state index is 2.37. The van der Waals surface area contributed by atoms with E-state index < -0.39 is 0 Å². The summed E-state index contributed by atoms with van der Waals surface area (Å²) in [5.41, 5.74) is 2.93. The van der Waals surface area contributed by atoms with Crippen molar-refractivity contribution in [1.82, 2.24) is 0 Å². The van der Waals surface area contributed by atoms with E-state index in [1.165, 1.54) is 20.9 Å². The third-order valence-electron chi connectivity index (χ3n) is 2.80. The Morgan fingerprint density at radius 2 is 2.00 bits per heavy atom. The largest absolute Gasteiger partial charge is 0.0895 e. The predicted molar refractivity (Wildman–Crippen MR) is 65.9 cm³/mol. The summed E-state index contributed by atoms with van der Waals surface area (Å²) in [6, 6.07) is 8.69. The molecule has 0 nitrogen and oxygen atoms in total. The van der Waals surface area contributed by atoms with Crippen molar-refractivity contribution in [2.24, 2.45) is 0 Å². The summed E-state index contributed by atoms with van der Waals surface area (Å²) < 4.78 is 0. The number of hydrogen-bond acceptors (Lipinski definition) is 1. The monoisotopic (exact) mass is 212 g/mol. The lowest BCUT2D eigenvalue weighted by molar-refractivity contribution is 1.15. The van der Waals surface area contributed by atoms with Gasteiger partial charge in [0.2, 0.25) is 0 Å². The van der Waals surface area contributed by atoms with Crippen LogP contribution in [0, 0.1) is 0 Å². The van der Waals surface area contributed by atoms with E-state index in [1.807, 2.05) is 11.8 Å². The van der Waals surface area contributed by atoms with E-state index in [2.05, 4.69) is 48.6 Å². The van der Waals surface area contributed by atoms with Gasteiger partial charge in [0.15, 0.2) is 0 Å². The molecule has 74 valence electrons. The molecule has 1 aromatic rings. The van der Waals surface area contributed by atoms with Crippen LogP contribution in [0.25, 0.3) is 0 Å². The van der Waals surface area contributed by atoms with Gasteiger partial charge in [-0.1, -0.05) is 48.2 Å². The molecule has 0 radical (unpaired) electrons. The molecule has 0 fully saturated rings. The molecular formula is C14H12S. The lowest BCUT2D eigenvalue weighted by atomic mass is 10.0. The van der Waals surface area contributed by atoms with Crippen LogP contribution in [0.4, 0.5) is 0 Å². The quantitative estimate of drug-likeness (QED) is 0.623. The number of fused-ring (bicyclic) bond motifs is 2. The van der Waals surface area contributed by atoms with Gasteiger partial charge in [-0.2, -0.15) is 0 Å². The molecule has 0 saturated heterocycles. The van der Waals surface area contributed by atoms with E-state index in [-0.39, 0.29) is 0 Å². The Kier molecular flexibility index (Phi) is 2.26. The molecule has 1 aromatic carbocycles. The number of rotatable bonds is 0. The summed E-state index contributed by atoms with van der Waals surface area (Å²) >= 11 is 1.90. The summed E-state index contributed by atoms with van der Waals surface area (Å²) in [7, 11) is 0. The van der Waals surface area contributed by atoms with Gasteiger partial charge in [-0.25, -0.2) is 0 Å². The first-order valence-corrected chi connectivity index (χ1v) is 6.07. The molecule has 1 aliphatic heterocycles. The fourth-order valence-corrected chi connectivity index (χ4v) is 3.08. The van der Waals surface area contributed by atoms with Gasteiger partial charge in [0, 0.05) is 9.80 Å². The van der Waals surface area contributed by atoms with Crippen LogP contribution in [0.5, 0.6) is 0 Å². The van der Waals surface area contributed by atoms with Crippen molar-refractivity contribution < 1.29 is 0 Å². The molecule has 0 bridgehead atoms. The Balaban J connectivity index is 2.07. The van der Waals surface area contributed by atoms with E-state index in [4.69, 9.17) is 0 Å². The van der Waals surface area contributed by atoms with Gasteiger partial charge in [-0.15, -0.1) is 0 Å². The highest BCUT2D eigenvalue weighted by Crippen LogP contribution is 2.39. The predicted octanol–water partition coefficient (Wildman–Crippen LogP) is 4.11. The molecular weight excluding hydrogens is 200 g/mol. The van der Waals surface area contributed by atoms with Crippen molar-refractivity contribution in [2.45, 2.75) is 17.7 Å². The molecule has 0 atom stereocenters. The second-order valence-electron chi connectivity index (χ2n) is 3.81. The summed E-state index contributed by atoms with van der Waals surface area (Å²) in [5.74, 6) is 0. The van der Waals surface area contributed by atoms with E-state index >= 15 is 0 Å². The Labute approximate surface area is 94.4 Å². The highest BCUT2D eigenvalue weighted by atomic mass is 32.2. The van der Waals surface area contributed by atoms with Crippen LogP contribution in [0.3, 0.4) is 0 Å². The molecule has 0 amide bonds. The number of thioether (sulfide) groups is 1. The minimum atomic E-state index is 1.07. The van der Waals surface area contributed by atoms with Crippen molar-refractivity contribution in [3.8, 4) is 0 Å². The van der Waals surface area contributed by atoms with Crippen molar-refractivity contribution >= 4 is 11.8 Å². The second kappa shape index (κ2) is 3.74. The van der Waals surface area contributed by atoms with Gasteiger partial charge in [-0.3, -0.25) is 0 Å². The Hall–Kier alpha value is -1.21. The van der Waals surface area contributed by atoms with Crippen LogP contribution in [0.2, 0.25) is 0 Å².